The Hall–Kier alpha value is -3.13. The first-order chi connectivity index (χ1) is 13.9. The Kier molecular flexibility index (Phi) is 6.66. The molecule has 29 heavy (non-hydrogen) atoms. The van der Waals surface area contributed by atoms with Crippen LogP contribution in [0.2, 0.25) is 0 Å². The normalized spacial score (nSPS) is 11.7. The predicted octanol–water partition coefficient (Wildman–Crippen LogP) is 4.60. The molecule has 1 heterocycles. The van der Waals surface area contributed by atoms with Gasteiger partial charge in [-0.15, -0.1) is 11.8 Å². The molecule has 0 saturated heterocycles. The SMILES string of the molecule is Cc1cc(CSc2ccccc2C(=O)O[C@H](C)C(=O)Nc2ccc(F)cc2)no1. The van der Waals surface area contributed by atoms with Gasteiger partial charge in [0.05, 0.1) is 11.3 Å². The summed E-state index contributed by atoms with van der Waals surface area (Å²) in [5, 5.41) is 6.52. The molecular formula is C21H19FN2O4S. The van der Waals surface area contributed by atoms with Crippen LogP contribution in [0.4, 0.5) is 10.1 Å². The molecule has 0 unspecified atom stereocenters. The van der Waals surface area contributed by atoms with Gasteiger partial charge in [-0.05, 0) is 50.2 Å². The van der Waals surface area contributed by atoms with Gasteiger partial charge in [0.2, 0.25) is 0 Å². The van der Waals surface area contributed by atoms with Gasteiger partial charge in [-0.3, -0.25) is 4.79 Å². The number of carbonyl (C=O) groups excluding carboxylic acids is 2. The lowest BCUT2D eigenvalue weighted by Crippen LogP contribution is -2.30. The highest BCUT2D eigenvalue weighted by Crippen LogP contribution is 2.27. The highest BCUT2D eigenvalue weighted by molar-refractivity contribution is 7.98. The van der Waals surface area contributed by atoms with Crippen LogP contribution in [0.5, 0.6) is 0 Å². The van der Waals surface area contributed by atoms with Crippen molar-refractivity contribution in [3.63, 3.8) is 0 Å². The minimum atomic E-state index is -1.02. The van der Waals surface area contributed by atoms with Crippen LogP contribution in [-0.2, 0) is 15.3 Å². The number of hydrogen-bond acceptors (Lipinski definition) is 6. The van der Waals surface area contributed by atoms with Crippen LogP contribution >= 0.6 is 11.8 Å². The second-order valence-electron chi connectivity index (χ2n) is 6.26. The molecule has 6 nitrogen and oxygen atoms in total. The van der Waals surface area contributed by atoms with Crippen LogP contribution in [0.1, 0.15) is 28.7 Å². The van der Waals surface area contributed by atoms with Gasteiger partial charge in [0.15, 0.2) is 6.10 Å². The molecule has 3 aromatic rings. The molecule has 0 aliphatic rings. The van der Waals surface area contributed by atoms with Crippen molar-refractivity contribution in [1.82, 2.24) is 5.16 Å². The molecule has 2 aromatic carbocycles. The van der Waals surface area contributed by atoms with E-state index in [0.717, 1.165) is 5.69 Å². The number of nitrogens with zero attached hydrogens (tertiary/aromatic N) is 1. The maximum absolute atomic E-state index is 13.0. The second kappa shape index (κ2) is 9.38. The molecule has 8 heteroatoms. The van der Waals surface area contributed by atoms with Gasteiger partial charge >= 0.3 is 5.97 Å². The fourth-order valence-corrected chi connectivity index (χ4v) is 3.37. The predicted molar refractivity (Wildman–Crippen MR) is 107 cm³/mol. The first kappa shape index (κ1) is 20.6. The Morgan fingerprint density at radius 1 is 1.21 bits per heavy atom. The van der Waals surface area contributed by atoms with E-state index in [0.29, 0.717) is 27.7 Å². The molecule has 0 aliphatic carbocycles. The van der Waals surface area contributed by atoms with Gasteiger partial charge in [0, 0.05) is 22.4 Å². The minimum absolute atomic E-state index is 0.360. The van der Waals surface area contributed by atoms with E-state index in [2.05, 4.69) is 10.5 Å². The van der Waals surface area contributed by atoms with Crippen LogP contribution in [0.15, 0.2) is 64.0 Å². The average Bonchev–Trinajstić information content (AvgIpc) is 3.13. The zero-order valence-corrected chi connectivity index (χ0v) is 16.7. The van der Waals surface area contributed by atoms with Crippen molar-refractivity contribution in [2.75, 3.05) is 5.32 Å². The van der Waals surface area contributed by atoms with Crippen LogP contribution < -0.4 is 5.32 Å². The van der Waals surface area contributed by atoms with Crippen molar-refractivity contribution in [1.29, 1.82) is 0 Å². The molecule has 1 amide bonds. The smallest absolute Gasteiger partial charge is 0.340 e. The maximum Gasteiger partial charge on any atom is 0.340 e. The number of benzene rings is 2. The second-order valence-corrected chi connectivity index (χ2v) is 7.27. The molecule has 3 rings (SSSR count). The summed E-state index contributed by atoms with van der Waals surface area (Å²) < 4.78 is 23.3. The number of nitrogens with one attached hydrogen (secondary N) is 1. The van der Waals surface area contributed by atoms with Gasteiger partial charge in [-0.1, -0.05) is 17.3 Å². The number of rotatable bonds is 7. The third kappa shape index (κ3) is 5.68. The van der Waals surface area contributed by atoms with Crippen LogP contribution in [0.25, 0.3) is 0 Å². The summed E-state index contributed by atoms with van der Waals surface area (Å²) in [6, 6.07) is 14.1. The van der Waals surface area contributed by atoms with Crippen LogP contribution in [-0.4, -0.2) is 23.1 Å². The third-order valence-electron chi connectivity index (χ3n) is 3.92. The summed E-state index contributed by atoms with van der Waals surface area (Å²) >= 11 is 1.42. The lowest BCUT2D eigenvalue weighted by molar-refractivity contribution is -0.123. The van der Waals surface area contributed by atoms with Gasteiger partial charge < -0.3 is 14.6 Å². The topological polar surface area (TPSA) is 81.4 Å². The Balaban J connectivity index is 1.62. The van der Waals surface area contributed by atoms with Crippen molar-refractivity contribution in [2.24, 2.45) is 0 Å². The van der Waals surface area contributed by atoms with E-state index in [4.69, 9.17) is 9.26 Å². The number of halogens is 1. The number of ether oxygens (including phenoxy) is 1. The van der Waals surface area contributed by atoms with E-state index in [1.807, 2.05) is 19.1 Å². The lowest BCUT2D eigenvalue weighted by Gasteiger charge is -2.15. The first-order valence-electron chi connectivity index (χ1n) is 8.84. The number of amides is 1. The Morgan fingerprint density at radius 3 is 2.62 bits per heavy atom. The number of carbonyl (C=O) groups is 2. The maximum atomic E-state index is 13.0. The molecule has 0 saturated carbocycles. The van der Waals surface area contributed by atoms with E-state index in [1.54, 1.807) is 18.2 Å². The molecule has 1 atom stereocenters. The van der Waals surface area contributed by atoms with E-state index < -0.39 is 23.8 Å². The first-order valence-corrected chi connectivity index (χ1v) is 9.82. The largest absolute Gasteiger partial charge is 0.449 e. The van der Waals surface area contributed by atoms with Gasteiger partial charge in [0.25, 0.3) is 5.91 Å². The summed E-state index contributed by atoms with van der Waals surface area (Å²) in [6.45, 7) is 3.29. The Morgan fingerprint density at radius 2 is 1.93 bits per heavy atom. The molecule has 0 fully saturated rings. The molecule has 150 valence electrons. The van der Waals surface area contributed by atoms with Crippen LogP contribution in [0.3, 0.4) is 0 Å². The zero-order chi connectivity index (χ0) is 20.8. The quantitative estimate of drug-likeness (QED) is 0.450. The molecule has 0 spiro atoms. The Bertz CT molecular complexity index is 1000. The summed E-state index contributed by atoms with van der Waals surface area (Å²) in [5.74, 6) is -0.270. The fraction of sp³-hybridized carbons (Fsp3) is 0.190. The standard InChI is InChI=1S/C21H19FN2O4S/c1-13-11-17(24-28-13)12-29-19-6-4-3-5-18(19)21(26)27-14(2)20(25)23-16-9-7-15(22)8-10-16/h3-11,14H,12H2,1-2H3,(H,23,25)/t14-/m1/s1. The van der Waals surface area contributed by atoms with E-state index >= 15 is 0 Å². The summed E-state index contributed by atoms with van der Waals surface area (Å²) in [6.07, 6.45) is -1.02. The van der Waals surface area contributed by atoms with Crippen molar-refractivity contribution < 1.29 is 23.2 Å². The number of anilines is 1. The van der Waals surface area contributed by atoms with E-state index in [-0.39, 0.29) is 0 Å². The molecule has 1 N–H and O–H groups in total. The van der Waals surface area contributed by atoms with Gasteiger partial charge in [-0.25, -0.2) is 9.18 Å². The monoisotopic (exact) mass is 414 g/mol. The van der Waals surface area contributed by atoms with Gasteiger partial charge in [-0.2, -0.15) is 0 Å². The van der Waals surface area contributed by atoms with Gasteiger partial charge in [0.1, 0.15) is 11.6 Å². The summed E-state index contributed by atoms with van der Waals surface area (Å²) in [5.41, 5.74) is 1.54. The zero-order valence-electron chi connectivity index (χ0n) is 15.8. The third-order valence-corrected chi connectivity index (χ3v) is 5.03. The van der Waals surface area contributed by atoms with Crippen molar-refractivity contribution in [3.8, 4) is 0 Å². The fourth-order valence-electron chi connectivity index (χ4n) is 2.45. The van der Waals surface area contributed by atoms with Crippen molar-refractivity contribution in [2.45, 2.75) is 30.6 Å². The minimum Gasteiger partial charge on any atom is -0.449 e. The number of aromatic nitrogens is 1. The highest BCUT2D eigenvalue weighted by Gasteiger charge is 2.21. The number of aryl methyl sites for hydroxylation is 1. The van der Waals surface area contributed by atoms with Crippen molar-refractivity contribution in [3.05, 3.63) is 77.4 Å². The molecule has 1 aromatic heterocycles. The van der Waals surface area contributed by atoms with E-state index in [1.165, 1.54) is 43.0 Å². The van der Waals surface area contributed by atoms with E-state index in [9.17, 15) is 14.0 Å². The summed E-state index contributed by atoms with van der Waals surface area (Å²) in [7, 11) is 0. The number of thioether (sulfide) groups is 1. The average molecular weight is 414 g/mol. The number of hydrogen-bond donors (Lipinski definition) is 1. The molecule has 0 aliphatic heterocycles. The summed E-state index contributed by atoms with van der Waals surface area (Å²) in [4.78, 5) is 25.6. The molecule has 0 radical (unpaired) electrons. The Labute approximate surface area is 171 Å². The lowest BCUT2D eigenvalue weighted by atomic mass is 10.2. The molecular weight excluding hydrogens is 395 g/mol. The number of esters is 1. The van der Waals surface area contributed by atoms with Crippen LogP contribution in [0, 0.1) is 12.7 Å². The molecule has 0 bridgehead atoms. The van der Waals surface area contributed by atoms with Crippen molar-refractivity contribution >= 4 is 29.3 Å². The highest BCUT2D eigenvalue weighted by atomic mass is 32.2.